The van der Waals surface area contributed by atoms with Crippen LogP contribution in [0.15, 0.2) is 24.3 Å². The van der Waals surface area contributed by atoms with Crippen molar-refractivity contribution in [2.45, 2.75) is 19.4 Å². The van der Waals surface area contributed by atoms with Crippen molar-refractivity contribution in [3.63, 3.8) is 0 Å². The molecule has 1 aromatic rings. The fraction of sp³-hybridized carbons (Fsp3) is 0.600. The Kier molecular flexibility index (Phi) is 5.05. The van der Waals surface area contributed by atoms with Gasteiger partial charge in [0.1, 0.15) is 18.1 Å². The molecule has 1 aliphatic heterocycles. The summed E-state index contributed by atoms with van der Waals surface area (Å²) < 4.78 is 10.9. The van der Waals surface area contributed by atoms with Crippen LogP contribution in [-0.4, -0.2) is 44.3 Å². The molecule has 1 saturated heterocycles. The number of hydrogen-bond acceptors (Lipinski definition) is 4. The van der Waals surface area contributed by atoms with Crippen LogP contribution in [-0.2, 0) is 0 Å². The number of hydrogen-bond donors (Lipinski definition) is 1. The lowest BCUT2D eigenvalue weighted by Crippen LogP contribution is -2.40. The second-order valence-corrected chi connectivity index (χ2v) is 5.13. The van der Waals surface area contributed by atoms with E-state index in [2.05, 4.69) is 11.8 Å². The van der Waals surface area contributed by atoms with Gasteiger partial charge in [-0.05, 0) is 43.1 Å². The highest BCUT2D eigenvalue weighted by Gasteiger charge is 2.29. The monoisotopic (exact) mass is 264 g/mol. The molecule has 0 aromatic heterocycles. The minimum atomic E-state index is 0.513. The number of nitrogens with zero attached hydrogens (tertiary/aromatic N) is 1. The summed E-state index contributed by atoms with van der Waals surface area (Å²) in [6.07, 6.45) is 1.24. The molecule has 1 heterocycles. The maximum Gasteiger partial charge on any atom is 0.119 e. The third-order valence-electron chi connectivity index (χ3n) is 3.95. The summed E-state index contributed by atoms with van der Waals surface area (Å²) in [6.45, 7) is 5.80. The number of benzene rings is 1. The number of methoxy groups -OCH3 is 1. The van der Waals surface area contributed by atoms with Crippen LogP contribution in [0.4, 0.5) is 0 Å². The summed E-state index contributed by atoms with van der Waals surface area (Å²) in [6, 6.07) is 8.21. The van der Waals surface area contributed by atoms with Crippen molar-refractivity contribution < 1.29 is 9.47 Å². The van der Waals surface area contributed by atoms with Gasteiger partial charge in [0.05, 0.1) is 7.11 Å². The molecule has 0 spiro atoms. The molecule has 0 amide bonds. The molecule has 0 radical (unpaired) electrons. The number of rotatable bonds is 6. The summed E-state index contributed by atoms with van der Waals surface area (Å²) >= 11 is 0. The Morgan fingerprint density at radius 2 is 1.95 bits per heavy atom. The van der Waals surface area contributed by atoms with E-state index in [0.717, 1.165) is 31.1 Å². The first-order valence-corrected chi connectivity index (χ1v) is 6.95. The van der Waals surface area contributed by atoms with Crippen molar-refractivity contribution in [1.82, 2.24) is 4.90 Å². The van der Waals surface area contributed by atoms with Crippen molar-refractivity contribution in [3.8, 4) is 11.5 Å². The second-order valence-electron chi connectivity index (χ2n) is 5.13. The van der Waals surface area contributed by atoms with Crippen molar-refractivity contribution in [2.24, 2.45) is 11.7 Å². The maximum atomic E-state index is 5.83. The maximum absolute atomic E-state index is 5.83. The van der Waals surface area contributed by atoms with E-state index in [4.69, 9.17) is 15.2 Å². The van der Waals surface area contributed by atoms with Gasteiger partial charge in [0.2, 0.25) is 0 Å². The van der Waals surface area contributed by atoms with Crippen LogP contribution >= 0.6 is 0 Å². The van der Waals surface area contributed by atoms with Crippen molar-refractivity contribution in [3.05, 3.63) is 24.3 Å². The summed E-state index contributed by atoms with van der Waals surface area (Å²) in [5, 5.41) is 0. The molecule has 2 unspecified atom stereocenters. The predicted octanol–water partition coefficient (Wildman–Crippen LogP) is 1.74. The quantitative estimate of drug-likeness (QED) is 0.850. The minimum absolute atomic E-state index is 0.513. The van der Waals surface area contributed by atoms with E-state index in [0.29, 0.717) is 18.6 Å². The van der Waals surface area contributed by atoms with E-state index in [-0.39, 0.29) is 0 Å². The van der Waals surface area contributed by atoms with E-state index in [1.54, 1.807) is 7.11 Å². The Hall–Kier alpha value is -1.26. The lowest BCUT2D eigenvalue weighted by atomic mass is 10.0. The number of nitrogens with two attached hydrogens (primary N) is 1. The molecule has 0 aliphatic carbocycles. The molecule has 19 heavy (non-hydrogen) atoms. The normalized spacial score (nSPS) is 23.5. The SMILES string of the molecule is COc1ccc(OCCN2CCC(C)C2CN)cc1. The van der Waals surface area contributed by atoms with Crippen molar-refractivity contribution in [1.29, 1.82) is 0 Å². The van der Waals surface area contributed by atoms with E-state index in [1.807, 2.05) is 24.3 Å². The molecule has 2 atom stereocenters. The fourth-order valence-electron chi connectivity index (χ4n) is 2.70. The molecule has 1 fully saturated rings. The smallest absolute Gasteiger partial charge is 0.119 e. The number of ether oxygens (including phenoxy) is 2. The summed E-state index contributed by atoms with van der Waals surface area (Å²) in [4.78, 5) is 2.44. The molecule has 0 saturated carbocycles. The molecule has 4 nitrogen and oxygen atoms in total. The van der Waals surface area contributed by atoms with Crippen LogP contribution in [0.3, 0.4) is 0 Å². The zero-order valence-corrected chi connectivity index (χ0v) is 11.8. The Labute approximate surface area is 115 Å². The highest BCUT2D eigenvalue weighted by Crippen LogP contribution is 2.23. The van der Waals surface area contributed by atoms with Gasteiger partial charge in [-0.1, -0.05) is 6.92 Å². The average molecular weight is 264 g/mol. The van der Waals surface area contributed by atoms with Crippen molar-refractivity contribution in [2.75, 3.05) is 33.4 Å². The van der Waals surface area contributed by atoms with Gasteiger partial charge in [-0.15, -0.1) is 0 Å². The standard InChI is InChI=1S/C15H24N2O2/c1-12-7-8-17(15(12)11-16)9-10-19-14-5-3-13(18-2)4-6-14/h3-6,12,15H,7-11,16H2,1-2H3. The third kappa shape index (κ3) is 3.61. The Morgan fingerprint density at radius 3 is 2.58 bits per heavy atom. The minimum Gasteiger partial charge on any atom is -0.497 e. The first-order chi connectivity index (χ1) is 9.24. The predicted molar refractivity (Wildman–Crippen MR) is 76.7 cm³/mol. The number of likely N-dealkylation sites (tertiary alicyclic amines) is 1. The molecule has 106 valence electrons. The van der Waals surface area contributed by atoms with Gasteiger partial charge in [-0.3, -0.25) is 4.90 Å². The topological polar surface area (TPSA) is 47.7 Å². The van der Waals surface area contributed by atoms with Gasteiger partial charge in [-0.2, -0.15) is 0 Å². The lowest BCUT2D eigenvalue weighted by molar-refractivity contribution is 0.187. The highest BCUT2D eigenvalue weighted by atomic mass is 16.5. The molecule has 1 aliphatic rings. The van der Waals surface area contributed by atoms with Crippen LogP contribution in [0, 0.1) is 5.92 Å². The van der Waals surface area contributed by atoms with E-state index in [9.17, 15) is 0 Å². The van der Waals surface area contributed by atoms with Crippen molar-refractivity contribution >= 4 is 0 Å². The largest absolute Gasteiger partial charge is 0.497 e. The molecule has 1 aromatic carbocycles. The van der Waals surface area contributed by atoms with E-state index < -0.39 is 0 Å². The molecular formula is C15H24N2O2. The Bertz CT molecular complexity index is 380. The van der Waals surface area contributed by atoms with Gasteiger partial charge in [-0.25, -0.2) is 0 Å². The van der Waals surface area contributed by atoms with Crippen LogP contribution < -0.4 is 15.2 Å². The summed E-state index contributed by atoms with van der Waals surface area (Å²) in [7, 11) is 1.66. The van der Waals surface area contributed by atoms with Gasteiger partial charge in [0, 0.05) is 19.1 Å². The highest BCUT2D eigenvalue weighted by molar-refractivity contribution is 5.31. The first kappa shape index (κ1) is 14.2. The van der Waals surface area contributed by atoms with Gasteiger partial charge < -0.3 is 15.2 Å². The molecule has 0 bridgehead atoms. The van der Waals surface area contributed by atoms with Crippen LogP contribution in [0.25, 0.3) is 0 Å². The van der Waals surface area contributed by atoms with E-state index in [1.165, 1.54) is 6.42 Å². The van der Waals surface area contributed by atoms with Crippen LogP contribution in [0.1, 0.15) is 13.3 Å². The van der Waals surface area contributed by atoms with Crippen LogP contribution in [0.2, 0.25) is 0 Å². The Morgan fingerprint density at radius 1 is 1.26 bits per heavy atom. The summed E-state index contributed by atoms with van der Waals surface area (Å²) in [5.41, 5.74) is 5.83. The molecule has 2 rings (SSSR count). The molecule has 2 N–H and O–H groups in total. The van der Waals surface area contributed by atoms with Gasteiger partial charge in [0.25, 0.3) is 0 Å². The van der Waals surface area contributed by atoms with Gasteiger partial charge >= 0.3 is 0 Å². The second kappa shape index (κ2) is 6.78. The Balaban J connectivity index is 1.76. The first-order valence-electron chi connectivity index (χ1n) is 6.95. The molecule has 4 heteroatoms. The lowest BCUT2D eigenvalue weighted by Gasteiger charge is -2.25. The van der Waals surface area contributed by atoms with Gasteiger partial charge in [0.15, 0.2) is 0 Å². The zero-order valence-electron chi connectivity index (χ0n) is 11.8. The fourth-order valence-corrected chi connectivity index (χ4v) is 2.70. The zero-order chi connectivity index (χ0) is 13.7. The van der Waals surface area contributed by atoms with Crippen LogP contribution in [0.5, 0.6) is 11.5 Å². The molecular weight excluding hydrogens is 240 g/mol. The summed E-state index contributed by atoms with van der Waals surface area (Å²) in [5.74, 6) is 2.44. The third-order valence-corrected chi connectivity index (χ3v) is 3.95. The van der Waals surface area contributed by atoms with E-state index >= 15 is 0 Å². The average Bonchev–Trinajstić information content (AvgIpc) is 2.80.